The summed E-state index contributed by atoms with van der Waals surface area (Å²) < 4.78 is 10.3. The predicted molar refractivity (Wildman–Crippen MR) is 36.3 cm³/mol. The van der Waals surface area contributed by atoms with Gasteiger partial charge in [-0.1, -0.05) is 6.92 Å². The molecule has 5 nitrogen and oxygen atoms in total. The van der Waals surface area contributed by atoms with Crippen LogP contribution in [-0.2, 0) is 4.57 Å². The molecule has 0 aliphatic carbocycles. The number of hydrogen-bond donors (Lipinski definition) is 4. The minimum absolute atomic E-state index is 0.242. The van der Waals surface area contributed by atoms with Crippen molar-refractivity contribution in [3.8, 4) is 0 Å². The van der Waals surface area contributed by atoms with Crippen LogP contribution in [-0.4, -0.2) is 26.8 Å². The van der Waals surface area contributed by atoms with Crippen LogP contribution in [0, 0.1) is 0 Å². The van der Waals surface area contributed by atoms with Crippen molar-refractivity contribution in [3.05, 3.63) is 0 Å². The molecule has 0 radical (unpaired) electrons. The number of rotatable bonds is 3. The zero-order chi connectivity index (χ0) is 8.36. The first-order chi connectivity index (χ1) is 4.39. The number of aliphatic hydroxyl groups excluding tert-OH is 1. The molecule has 0 aliphatic rings. The SMILES string of the molecule is CCC(O)C(N)P(=O)(O)O. The Hall–Kier alpha value is 0.0700. The molecule has 10 heavy (non-hydrogen) atoms. The standard InChI is InChI=1S/C4H12NO4P/c1-2-3(6)4(5)10(7,8)9/h3-4,6H,2,5H2,1H3,(H2,7,8,9). The van der Waals surface area contributed by atoms with Crippen molar-refractivity contribution in [3.63, 3.8) is 0 Å². The topological polar surface area (TPSA) is 104 Å². The Morgan fingerprint density at radius 3 is 2.10 bits per heavy atom. The van der Waals surface area contributed by atoms with Gasteiger partial charge in [0.05, 0.1) is 6.10 Å². The highest BCUT2D eigenvalue weighted by Crippen LogP contribution is 2.40. The minimum Gasteiger partial charge on any atom is -0.391 e. The normalized spacial score (nSPS) is 18.5. The fraction of sp³-hybridized carbons (Fsp3) is 1.00. The fourth-order valence-electron chi connectivity index (χ4n) is 0.466. The van der Waals surface area contributed by atoms with Crippen LogP contribution in [0.2, 0.25) is 0 Å². The van der Waals surface area contributed by atoms with Crippen molar-refractivity contribution >= 4 is 7.60 Å². The molecule has 62 valence electrons. The van der Waals surface area contributed by atoms with Crippen LogP contribution in [0.15, 0.2) is 0 Å². The van der Waals surface area contributed by atoms with E-state index in [-0.39, 0.29) is 6.42 Å². The highest BCUT2D eigenvalue weighted by atomic mass is 31.2. The third-order valence-corrected chi connectivity index (χ3v) is 2.32. The fourth-order valence-corrected chi connectivity index (χ4v) is 1.12. The third-order valence-electron chi connectivity index (χ3n) is 1.20. The van der Waals surface area contributed by atoms with Gasteiger partial charge in [0.25, 0.3) is 0 Å². The van der Waals surface area contributed by atoms with E-state index in [1.54, 1.807) is 6.92 Å². The summed E-state index contributed by atoms with van der Waals surface area (Å²) in [6, 6.07) is 0. The van der Waals surface area contributed by atoms with Gasteiger partial charge in [-0.25, -0.2) is 0 Å². The van der Waals surface area contributed by atoms with Crippen LogP contribution in [0.3, 0.4) is 0 Å². The highest BCUT2D eigenvalue weighted by molar-refractivity contribution is 7.52. The maximum atomic E-state index is 10.3. The van der Waals surface area contributed by atoms with Gasteiger partial charge < -0.3 is 20.6 Å². The molecular formula is C4H12NO4P. The lowest BCUT2D eigenvalue weighted by Crippen LogP contribution is -2.33. The average molecular weight is 169 g/mol. The van der Waals surface area contributed by atoms with E-state index in [1.807, 2.05) is 0 Å². The highest BCUT2D eigenvalue weighted by Gasteiger charge is 2.30. The van der Waals surface area contributed by atoms with E-state index in [0.29, 0.717) is 0 Å². The molecular weight excluding hydrogens is 157 g/mol. The molecule has 0 spiro atoms. The number of aliphatic hydroxyl groups is 1. The largest absolute Gasteiger partial charge is 0.391 e. The second kappa shape index (κ2) is 3.46. The predicted octanol–water partition coefficient (Wildman–Crippen LogP) is -0.780. The molecule has 0 fully saturated rings. The lowest BCUT2D eigenvalue weighted by atomic mass is 10.3. The van der Waals surface area contributed by atoms with Crippen LogP contribution >= 0.6 is 7.60 Å². The maximum absolute atomic E-state index is 10.3. The van der Waals surface area contributed by atoms with Crippen LogP contribution in [0.25, 0.3) is 0 Å². The Morgan fingerprint density at radius 1 is 1.60 bits per heavy atom. The van der Waals surface area contributed by atoms with Gasteiger partial charge in [-0.2, -0.15) is 0 Å². The third kappa shape index (κ3) is 2.77. The molecule has 2 atom stereocenters. The summed E-state index contributed by atoms with van der Waals surface area (Å²) in [6.07, 6.45) is -0.882. The van der Waals surface area contributed by atoms with E-state index in [9.17, 15) is 4.57 Å². The summed E-state index contributed by atoms with van der Waals surface area (Å²) in [5, 5.41) is 8.84. The molecule has 0 bridgehead atoms. The quantitative estimate of drug-likeness (QED) is 0.415. The molecule has 0 aromatic heterocycles. The molecule has 6 heteroatoms. The van der Waals surface area contributed by atoms with Gasteiger partial charge in [0.15, 0.2) is 0 Å². The van der Waals surface area contributed by atoms with E-state index in [4.69, 9.17) is 20.6 Å². The monoisotopic (exact) mass is 169 g/mol. The van der Waals surface area contributed by atoms with Gasteiger partial charge in [0.2, 0.25) is 0 Å². The van der Waals surface area contributed by atoms with E-state index in [0.717, 1.165) is 0 Å². The molecule has 0 aromatic rings. The van der Waals surface area contributed by atoms with Crippen molar-refractivity contribution in [2.75, 3.05) is 0 Å². The Morgan fingerprint density at radius 2 is 2.00 bits per heavy atom. The summed E-state index contributed by atoms with van der Waals surface area (Å²) in [6.45, 7) is 1.60. The average Bonchev–Trinajstić information content (AvgIpc) is 1.83. The van der Waals surface area contributed by atoms with Gasteiger partial charge in [-0.15, -0.1) is 0 Å². The van der Waals surface area contributed by atoms with Gasteiger partial charge in [0, 0.05) is 0 Å². The van der Waals surface area contributed by atoms with Crippen LogP contribution in [0.4, 0.5) is 0 Å². The smallest absolute Gasteiger partial charge is 0.344 e. The first-order valence-corrected chi connectivity index (χ1v) is 4.56. The van der Waals surface area contributed by atoms with E-state index < -0.39 is 19.5 Å². The molecule has 0 saturated heterocycles. The molecule has 0 saturated carbocycles. The van der Waals surface area contributed by atoms with Crippen molar-refractivity contribution in [1.29, 1.82) is 0 Å². The molecule has 0 aliphatic heterocycles. The van der Waals surface area contributed by atoms with E-state index >= 15 is 0 Å². The van der Waals surface area contributed by atoms with Gasteiger partial charge >= 0.3 is 7.60 Å². The van der Waals surface area contributed by atoms with Crippen LogP contribution < -0.4 is 5.73 Å². The van der Waals surface area contributed by atoms with Crippen LogP contribution in [0.5, 0.6) is 0 Å². The summed E-state index contributed by atoms with van der Waals surface area (Å²) in [5.41, 5.74) is 4.99. The Balaban J connectivity index is 4.08. The summed E-state index contributed by atoms with van der Waals surface area (Å²) in [4.78, 5) is 16.8. The van der Waals surface area contributed by atoms with Crippen molar-refractivity contribution in [2.45, 2.75) is 25.2 Å². The Labute approximate surface area is 59.0 Å². The van der Waals surface area contributed by atoms with Gasteiger partial charge in [-0.3, -0.25) is 4.57 Å². The van der Waals surface area contributed by atoms with Crippen molar-refractivity contribution in [2.24, 2.45) is 5.73 Å². The van der Waals surface area contributed by atoms with Crippen molar-refractivity contribution < 1.29 is 19.5 Å². The summed E-state index contributed by atoms with van der Waals surface area (Å²) >= 11 is 0. The molecule has 0 aromatic carbocycles. The second-order valence-electron chi connectivity index (χ2n) is 2.06. The molecule has 0 amide bonds. The zero-order valence-corrected chi connectivity index (χ0v) is 6.53. The zero-order valence-electron chi connectivity index (χ0n) is 5.64. The van der Waals surface area contributed by atoms with E-state index in [1.165, 1.54) is 0 Å². The number of nitrogens with two attached hydrogens (primary N) is 1. The Kier molecular flexibility index (Phi) is 3.48. The lowest BCUT2D eigenvalue weighted by molar-refractivity contribution is 0.154. The lowest BCUT2D eigenvalue weighted by Gasteiger charge is -2.17. The van der Waals surface area contributed by atoms with Crippen molar-refractivity contribution in [1.82, 2.24) is 0 Å². The van der Waals surface area contributed by atoms with Gasteiger partial charge in [-0.05, 0) is 6.42 Å². The van der Waals surface area contributed by atoms with E-state index in [2.05, 4.69) is 0 Å². The minimum atomic E-state index is -4.30. The van der Waals surface area contributed by atoms with Crippen LogP contribution in [0.1, 0.15) is 13.3 Å². The first-order valence-electron chi connectivity index (χ1n) is 2.88. The summed E-state index contributed by atoms with van der Waals surface area (Å²) in [7, 11) is -4.30. The molecule has 0 rings (SSSR count). The molecule has 0 heterocycles. The molecule has 5 N–H and O–H groups in total. The summed E-state index contributed by atoms with van der Waals surface area (Å²) in [5.74, 6) is -1.45. The Bertz CT molecular complexity index is 144. The number of hydrogen-bond acceptors (Lipinski definition) is 3. The maximum Gasteiger partial charge on any atom is 0.344 e. The molecule has 2 unspecified atom stereocenters. The second-order valence-corrected chi connectivity index (χ2v) is 3.83. The van der Waals surface area contributed by atoms with Gasteiger partial charge in [0.1, 0.15) is 5.78 Å². The first kappa shape index (κ1) is 10.1.